The van der Waals surface area contributed by atoms with Gasteiger partial charge in [0.1, 0.15) is 16.8 Å². The van der Waals surface area contributed by atoms with Crippen LogP contribution in [0.5, 0.6) is 0 Å². The Morgan fingerprint density at radius 2 is 2.16 bits per heavy atom. The molecular formula is C14H23ClN4. The lowest BCUT2D eigenvalue weighted by Gasteiger charge is -2.18. The van der Waals surface area contributed by atoms with Crippen molar-refractivity contribution in [2.24, 2.45) is 5.92 Å². The fraction of sp³-hybridized carbons (Fsp3) is 0.714. The molecule has 1 atom stereocenters. The quantitative estimate of drug-likeness (QED) is 0.866. The van der Waals surface area contributed by atoms with E-state index in [2.05, 4.69) is 48.0 Å². The van der Waals surface area contributed by atoms with E-state index in [1.54, 1.807) is 6.07 Å². The predicted molar refractivity (Wildman–Crippen MR) is 79.8 cm³/mol. The lowest BCUT2D eigenvalue weighted by atomic mass is 9.96. The van der Waals surface area contributed by atoms with Crippen molar-refractivity contribution >= 4 is 17.4 Å². The third kappa shape index (κ3) is 4.05. The SMILES string of the molecule is CN1CCC(CNc2cc(Cl)nc(C(C)(C)C)n2)C1. The second-order valence-electron chi connectivity index (χ2n) is 6.45. The molecule has 0 spiro atoms. The number of hydrogen-bond donors (Lipinski definition) is 1. The standard InChI is InChI=1S/C14H23ClN4/c1-14(2,3)13-17-11(15)7-12(18-13)16-8-10-5-6-19(4)9-10/h7,10H,5-6,8-9H2,1-4H3,(H,16,17,18). The van der Waals surface area contributed by atoms with Gasteiger partial charge in [0, 0.05) is 24.6 Å². The van der Waals surface area contributed by atoms with E-state index in [-0.39, 0.29) is 5.41 Å². The van der Waals surface area contributed by atoms with E-state index in [0.29, 0.717) is 11.1 Å². The monoisotopic (exact) mass is 282 g/mol. The third-order valence-electron chi connectivity index (χ3n) is 3.43. The summed E-state index contributed by atoms with van der Waals surface area (Å²) in [6, 6.07) is 1.80. The van der Waals surface area contributed by atoms with Gasteiger partial charge in [-0.25, -0.2) is 9.97 Å². The second kappa shape index (κ2) is 5.63. The highest BCUT2D eigenvalue weighted by Crippen LogP contribution is 2.23. The van der Waals surface area contributed by atoms with Crippen LogP contribution in [0.25, 0.3) is 0 Å². The van der Waals surface area contributed by atoms with E-state index in [1.807, 2.05) is 0 Å². The van der Waals surface area contributed by atoms with Gasteiger partial charge in [0.2, 0.25) is 0 Å². The smallest absolute Gasteiger partial charge is 0.137 e. The third-order valence-corrected chi connectivity index (χ3v) is 3.62. The first-order valence-corrected chi connectivity index (χ1v) is 7.20. The maximum Gasteiger partial charge on any atom is 0.137 e. The van der Waals surface area contributed by atoms with Gasteiger partial charge in [-0.3, -0.25) is 0 Å². The molecule has 1 fully saturated rings. The number of aromatic nitrogens is 2. The Balaban J connectivity index is 2.02. The van der Waals surface area contributed by atoms with E-state index in [1.165, 1.54) is 13.0 Å². The van der Waals surface area contributed by atoms with Crippen molar-refractivity contribution in [3.8, 4) is 0 Å². The fourth-order valence-corrected chi connectivity index (χ4v) is 2.47. The Kier molecular flexibility index (Phi) is 4.31. The van der Waals surface area contributed by atoms with Crippen LogP contribution in [-0.2, 0) is 5.41 Å². The molecule has 0 bridgehead atoms. The summed E-state index contributed by atoms with van der Waals surface area (Å²) in [5.41, 5.74) is -0.0884. The number of anilines is 1. The summed E-state index contributed by atoms with van der Waals surface area (Å²) in [7, 11) is 2.17. The molecular weight excluding hydrogens is 260 g/mol. The zero-order valence-electron chi connectivity index (χ0n) is 12.2. The summed E-state index contributed by atoms with van der Waals surface area (Å²) >= 11 is 6.08. The number of rotatable bonds is 3. The van der Waals surface area contributed by atoms with Crippen LogP contribution in [0.1, 0.15) is 33.0 Å². The number of nitrogens with one attached hydrogen (secondary N) is 1. The molecule has 1 aliphatic heterocycles. The molecule has 0 amide bonds. The minimum atomic E-state index is -0.0884. The molecule has 0 saturated carbocycles. The highest BCUT2D eigenvalue weighted by Gasteiger charge is 2.21. The van der Waals surface area contributed by atoms with Crippen molar-refractivity contribution in [1.29, 1.82) is 0 Å². The maximum atomic E-state index is 6.08. The van der Waals surface area contributed by atoms with Crippen LogP contribution in [-0.4, -0.2) is 41.5 Å². The van der Waals surface area contributed by atoms with Gasteiger partial charge in [-0.15, -0.1) is 0 Å². The van der Waals surface area contributed by atoms with Crippen LogP contribution in [0.15, 0.2) is 6.07 Å². The fourth-order valence-electron chi connectivity index (χ4n) is 2.29. The number of hydrogen-bond acceptors (Lipinski definition) is 4. The first-order valence-electron chi connectivity index (χ1n) is 6.82. The minimum absolute atomic E-state index is 0.0884. The van der Waals surface area contributed by atoms with Crippen LogP contribution in [0.3, 0.4) is 0 Å². The molecule has 0 aromatic carbocycles. The minimum Gasteiger partial charge on any atom is -0.370 e. The Morgan fingerprint density at radius 3 is 2.74 bits per heavy atom. The molecule has 0 aliphatic carbocycles. The van der Waals surface area contributed by atoms with Crippen molar-refractivity contribution in [2.75, 3.05) is 32.0 Å². The average molecular weight is 283 g/mol. The molecule has 1 N–H and O–H groups in total. The molecule has 1 unspecified atom stereocenters. The zero-order chi connectivity index (χ0) is 14.0. The summed E-state index contributed by atoms with van der Waals surface area (Å²) < 4.78 is 0. The van der Waals surface area contributed by atoms with E-state index in [0.717, 1.165) is 24.7 Å². The summed E-state index contributed by atoms with van der Waals surface area (Å²) in [5, 5.41) is 3.90. The second-order valence-corrected chi connectivity index (χ2v) is 6.83. The molecule has 0 radical (unpaired) electrons. The number of halogens is 1. The summed E-state index contributed by atoms with van der Waals surface area (Å²) in [4.78, 5) is 11.2. The summed E-state index contributed by atoms with van der Waals surface area (Å²) in [5.74, 6) is 2.31. The Bertz CT molecular complexity index is 442. The first kappa shape index (κ1) is 14.5. The van der Waals surface area contributed by atoms with E-state index in [4.69, 9.17) is 11.6 Å². The van der Waals surface area contributed by atoms with Gasteiger partial charge in [-0.1, -0.05) is 32.4 Å². The summed E-state index contributed by atoms with van der Waals surface area (Å²) in [6.07, 6.45) is 1.24. The molecule has 106 valence electrons. The zero-order valence-corrected chi connectivity index (χ0v) is 13.0. The topological polar surface area (TPSA) is 41.0 Å². The Hall–Kier alpha value is -0.870. The van der Waals surface area contributed by atoms with Crippen LogP contribution < -0.4 is 5.32 Å². The Morgan fingerprint density at radius 1 is 1.42 bits per heavy atom. The van der Waals surface area contributed by atoms with E-state index >= 15 is 0 Å². The average Bonchev–Trinajstić information content (AvgIpc) is 2.71. The van der Waals surface area contributed by atoms with Crippen molar-refractivity contribution < 1.29 is 0 Å². The van der Waals surface area contributed by atoms with Crippen LogP contribution in [0.4, 0.5) is 5.82 Å². The van der Waals surface area contributed by atoms with Crippen molar-refractivity contribution in [3.63, 3.8) is 0 Å². The molecule has 2 heterocycles. The number of nitrogens with zero attached hydrogens (tertiary/aromatic N) is 3. The maximum absolute atomic E-state index is 6.08. The van der Waals surface area contributed by atoms with Crippen LogP contribution in [0.2, 0.25) is 5.15 Å². The lowest BCUT2D eigenvalue weighted by molar-refractivity contribution is 0.399. The summed E-state index contributed by atoms with van der Waals surface area (Å²) in [6.45, 7) is 9.56. The predicted octanol–water partition coefficient (Wildman–Crippen LogP) is 2.79. The molecule has 5 heteroatoms. The molecule has 1 aromatic rings. The molecule has 4 nitrogen and oxygen atoms in total. The van der Waals surface area contributed by atoms with Gasteiger partial charge < -0.3 is 10.2 Å². The van der Waals surface area contributed by atoms with Gasteiger partial charge >= 0.3 is 0 Å². The normalized spacial score (nSPS) is 20.8. The molecule has 1 saturated heterocycles. The van der Waals surface area contributed by atoms with Crippen LogP contribution >= 0.6 is 11.6 Å². The van der Waals surface area contributed by atoms with Crippen molar-refractivity contribution in [3.05, 3.63) is 17.0 Å². The molecule has 1 aromatic heterocycles. The molecule has 2 rings (SSSR count). The molecule has 1 aliphatic rings. The van der Waals surface area contributed by atoms with Crippen molar-refractivity contribution in [2.45, 2.75) is 32.6 Å². The highest BCUT2D eigenvalue weighted by molar-refractivity contribution is 6.29. The van der Waals surface area contributed by atoms with Gasteiger partial charge in [-0.05, 0) is 25.9 Å². The van der Waals surface area contributed by atoms with E-state index < -0.39 is 0 Å². The Labute approximate surface area is 120 Å². The first-order chi connectivity index (χ1) is 8.84. The van der Waals surface area contributed by atoms with Crippen LogP contribution in [0, 0.1) is 5.92 Å². The van der Waals surface area contributed by atoms with Crippen molar-refractivity contribution in [1.82, 2.24) is 14.9 Å². The lowest BCUT2D eigenvalue weighted by Crippen LogP contribution is -2.21. The van der Waals surface area contributed by atoms with Gasteiger partial charge in [0.25, 0.3) is 0 Å². The van der Waals surface area contributed by atoms with Gasteiger partial charge in [-0.2, -0.15) is 0 Å². The van der Waals surface area contributed by atoms with Gasteiger partial charge in [0.05, 0.1) is 0 Å². The highest BCUT2D eigenvalue weighted by atomic mass is 35.5. The molecule has 19 heavy (non-hydrogen) atoms. The number of likely N-dealkylation sites (tertiary alicyclic amines) is 1. The van der Waals surface area contributed by atoms with Gasteiger partial charge in [0.15, 0.2) is 0 Å². The largest absolute Gasteiger partial charge is 0.370 e. The van der Waals surface area contributed by atoms with E-state index in [9.17, 15) is 0 Å².